The van der Waals surface area contributed by atoms with Crippen LogP contribution in [0.1, 0.15) is 5.76 Å². The van der Waals surface area contributed by atoms with E-state index in [2.05, 4.69) is 15.1 Å². The van der Waals surface area contributed by atoms with Crippen molar-refractivity contribution in [3.63, 3.8) is 0 Å². The van der Waals surface area contributed by atoms with E-state index in [0.29, 0.717) is 31.9 Å². The molecule has 28 heavy (non-hydrogen) atoms. The Morgan fingerprint density at radius 3 is 2.68 bits per heavy atom. The average molecular weight is 407 g/mol. The maximum absolute atomic E-state index is 12.7. The lowest BCUT2D eigenvalue weighted by molar-refractivity contribution is 0.571. The van der Waals surface area contributed by atoms with Crippen LogP contribution in [0.25, 0.3) is 33.7 Å². The molecule has 0 saturated carbocycles. The summed E-state index contributed by atoms with van der Waals surface area (Å²) in [4.78, 5) is 21.6. The first-order chi connectivity index (χ1) is 13.7. The molecule has 0 unspecified atom stereocenters. The molecule has 5 rings (SSSR count). The number of pyridine rings is 1. The van der Waals surface area contributed by atoms with Gasteiger partial charge in [-0.15, -0.1) is 5.10 Å². The third kappa shape index (κ3) is 2.90. The van der Waals surface area contributed by atoms with Gasteiger partial charge in [-0.05, 0) is 36.4 Å². The van der Waals surface area contributed by atoms with Gasteiger partial charge in [-0.1, -0.05) is 35.1 Å². The minimum atomic E-state index is -0.233. The summed E-state index contributed by atoms with van der Waals surface area (Å²) in [6.45, 7) is 0. The highest BCUT2D eigenvalue weighted by molar-refractivity contribution is 7.15. The molecule has 0 spiro atoms. The fraction of sp³-hybridized carbons (Fsp3) is 0. The number of furan rings is 1. The fourth-order valence-corrected chi connectivity index (χ4v) is 3.94. The summed E-state index contributed by atoms with van der Waals surface area (Å²) in [6.07, 6.45) is 5.01. The summed E-state index contributed by atoms with van der Waals surface area (Å²) in [7, 11) is 0. The van der Waals surface area contributed by atoms with Gasteiger partial charge in [0, 0.05) is 29.6 Å². The number of fused-ring (bicyclic) bond motifs is 1. The molecule has 6 nitrogen and oxygen atoms in total. The van der Waals surface area contributed by atoms with Crippen LogP contribution in [0.4, 0.5) is 0 Å². The Bertz CT molecular complexity index is 1410. The highest BCUT2D eigenvalue weighted by Gasteiger charge is 2.13. The van der Waals surface area contributed by atoms with Crippen LogP contribution in [-0.2, 0) is 0 Å². The second-order valence-corrected chi connectivity index (χ2v) is 7.38. The highest BCUT2D eigenvalue weighted by atomic mass is 35.5. The van der Waals surface area contributed by atoms with Gasteiger partial charge in [0.05, 0.1) is 5.02 Å². The van der Waals surface area contributed by atoms with E-state index in [9.17, 15) is 4.79 Å². The van der Waals surface area contributed by atoms with E-state index in [1.54, 1.807) is 42.7 Å². The van der Waals surface area contributed by atoms with E-state index in [1.807, 2.05) is 24.3 Å². The molecule has 8 heteroatoms. The van der Waals surface area contributed by atoms with Crippen molar-refractivity contribution in [2.45, 2.75) is 0 Å². The molecule has 0 saturated heterocycles. The fourth-order valence-electron chi connectivity index (χ4n) is 2.82. The van der Waals surface area contributed by atoms with Gasteiger partial charge in [0.2, 0.25) is 4.96 Å². The van der Waals surface area contributed by atoms with E-state index < -0.39 is 0 Å². The summed E-state index contributed by atoms with van der Waals surface area (Å²) >= 11 is 7.48. The molecule has 4 aromatic heterocycles. The van der Waals surface area contributed by atoms with Gasteiger partial charge in [-0.3, -0.25) is 9.78 Å². The largest absolute Gasteiger partial charge is 0.457 e. The summed E-state index contributed by atoms with van der Waals surface area (Å²) in [5, 5.41) is 4.92. The molecule has 0 amide bonds. The number of benzene rings is 1. The van der Waals surface area contributed by atoms with Crippen molar-refractivity contribution in [1.29, 1.82) is 0 Å². The zero-order chi connectivity index (χ0) is 19.1. The van der Waals surface area contributed by atoms with Gasteiger partial charge in [0.15, 0.2) is 5.82 Å². The molecule has 0 fully saturated rings. The van der Waals surface area contributed by atoms with Crippen LogP contribution in [0.3, 0.4) is 0 Å². The maximum atomic E-state index is 12.7. The quantitative estimate of drug-likeness (QED) is 0.457. The lowest BCUT2D eigenvalue weighted by atomic mass is 10.2. The normalized spacial score (nSPS) is 12.1. The summed E-state index contributed by atoms with van der Waals surface area (Å²) in [5.41, 5.74) is 1.38. The standard InChI is InChI=1S/C20H11ClN4O2S/c21-15-4-2-1-3-14(15)16-6-5-13(27-16)11-17-19(26)25-20(28-17)23-18(24-25)12-7-9-22-10-8-12/h1-11H/b17-11-. The van der Waals surface area contributed by atoms with Crippen molar-refractivity contribution in [3.8, 4) is 22.7 Å². The van der Waals surface area contributed by atoms with Crippen LogP contribution in [0.15, 0.2) is 70.1 Å². The van der Waals surface area contributed by atoms with Gasteiger partial charge in [0.1, 0.15) is 16.1 Å². The van der Waals surface area contributed by atoms with Gasteiger partial charge in [-0.25, -0.2) is 0 Å². The van der Waals surface area contributed by atoms with Crippen LogP contribution < -0.4 is 10.1 Å². The van der Waals surface area contributed by atoms with Crippen molar-refractivity contribution in [3.05, 3.63) is 86.6 Å². The molecular formula is C20H11ClN4O2S. The Hall–Kier alpha value is -3.29. The summed E-state index contributed by atoms with van der Waals surface area (Å²) in [5.74, 6) is 1.70. The van der Waals surface area contributed by atoms with Gasteiger partial charge < -0.3 is 4.42 Å². The number of nitrogens with zero attached hydrogens (tertiary/aromatic N) is 4. The number of thiazole rings is 1. The van der Waals surface area contributed by atoms with Crippen LogP contribution in [0.5, 0.6) is 0 Å². The first-order valence-corrected chi connectivity index (χ1v) is 9.55. The topological polar surface area (TPSA) is 73.3 Å². The predicted octanol–water partition coefficient (Wildman–Crippen LogP) is 3.67. The van der Waals surface area contributed by atoms with Crippen LogP contribution in [0, 0.1) is 0 Å². The Morgan fingerprint density at radius 2 is 1.89 bits per heavy atom. The minimum absolute atomic E-state index is 0.233. The Labute approximate surface area is 167 Å². The van der Waals surface area contributed by atoms with Crippen LogP contribution in [-0.4, -0.2) is 19.6 Å². The van der Waals surface area contributed by atoms with Gasteiger partial charge in [-0.2, -0.15) is 9.50 Å². The first kappa shape index (κ1) is 16.9. The number of hydrogen-bond acceptors (Lipinski definition) is 6. The van der Waals surface area contributed by atoms with Gasteiger partial charge >= 0.3 is 0 Å². The lowest BCUT2D eigenvalue weighted by Gasteiger charge is -1.98. The third-order valence-corrected chi connectivity index (χ3v) is 5.45. The second kappa shape index (κ2) is 6.70. The number of hydrogen-bond donors (Lipinski definition) is 0. The number of aromatic nitrogens is 4. The second-order valence-electron chi connectivity index (χ2n) is 5.96. The molecule has 0 aliphatic heterocycles. The van der Waals surface area contributed by atoms with Crippen molar-refractivity contribution < 1.29 is 4.42 Å². The molecule has 136 valence electrons. The zero-order valence-corrected chi connectivity index (χ0v) is 15.8. The molecule has 0 radical (unpaired) electrons. The van der Waals surface area contributed by atoms with E-state index in [4.69, 9.17) is 16.0 Å². The Kier molecular flexibility index (Phi) is 4.03. The molecule has 0 aliphatic rings. The van der Waals surface area contributed by atoms with Gasteiger partial charge in [0.25, 0.3) is 5.56 Å². The smallest absolute Gasteiger partial charge is 0.291 e. The van der Waals surface area contributed by atoms with Crippen molar-refractivity contribution in [2.24, 2.45) is 0 Å². The Morgan fingerprint density at radius 1 is 1.07 bits per heavy atom. The first-order valence-electron chi connectivity index (χ1n) is 8.35. The predicted molar refractivity (Wildman–Crippen MR) is 108 cm³/mol. The highest BCUT2D eigenvalue weighted by Crippen LogP contribution is 2.29. The number of rotatable bonds is 3. The SMILES string of the molecule is O=c1/c(=C/c2ccc(-c3ccccc3Cl)o2)sc2nc(-c3ccncc3)nn12. The van der Waals surface area contributed by atoms with E-state index in [0.717, 1.165) is 11.1 Å². The monoisotopic (exact) mass is 406 g/mol. The zero-order valence-electron chi connectivity index (χ0n) is 14.2. The molecule has 5 aromatic rings. The maximum Gasteiger partial charge on any atom is 0.291 e. The molecule has 0 bridgehead atoms. The molecule has 4 heterocycles. The lowest BCUT2D eigenvalue weighted by Crippen LogP contribution is -2.23. The Balaban J connectivity index is 1.54. The van der Waals surface area contributed by atoms with Crippen molar-refractivity contribution in [1.82, 2.24) is 19.6 Å². The molecule has 0 atom stereocenters. The minimum Gasteiger partial charge on any atom is -0.457 e. The van der Waals surface area contributed by atoms with E-state index in [1.165, 1.54) is 15.9 Å². The van der Waals surface area contributed by atoms with Crippen molar-refractivity contribution >= 4 is 34.0 Å². The molecule has 1 aromatic carbocycles. The summed E-state index contributed by atoms with van der Waals surface area (Å²) < 4.78 is 7.65. The molecular weight excluding hydrogens is 396 g/mol. The van der Waals surface area contributed by atoms with Crippen LogP contribution in [0.2, 0.25) is 5.02 Å². The van der Waals surface area contributed by atoms with E-state index in [-0.39, 0.29) is 5.56 Å². The third-order valence-electron chi connectivity index (χ3n) is 4.16. The average Bonchev–Trinajstić information content (AvgIpc) is 3.41. The molecule has 0 N–H and O–H groups in total. The molecule has 0 aliphatic carbocycles. The number of halogens is 1. The van der Waals surface area contributed by atoms with Crippen molar-refractivity contribution in [2.75, 3.05) is 0 Å². The van der Waals surface area contributed by atoms with Crippen LogP contribution >= 0.6 is 22.9 Å². The van der Waals surface area contributed by atoms with E-state index >= 15 is 0 Å². The summed E-state index contributed by atoms with van der Waals surface area (Å²) in [6, 6.07) is 14.7.